The van der Waals surface area contributed by atoms with Gasteiger partial charge in [-0.05, 0) is 18.2 Å². The number of likely N-dealkylation sites (tertiary alicyclic amines) is 1. The van der Waals surface area contributed by atoms with Crippen LogP contribution < -0.4 is 5.73 Å². The number of carbonyl (C=O) groups is 1. The Hall–Kier alpha value is -1.66. The summed E-state index contributed by atoms with van der Waals surface area (Å²) in [4.78, 5) is 13.1. The van der Waals surface area contributed by atoms with Gasteiger partial charge in [0.25, 0.3) is 5.91 Å². The first-order chi connectivity index (χ1) is 7.99. The van der Waals surface area contributed by atoms with Crippen LogP contribution in [-0.2, 0) is 0 Å². The van der Waals surface area contributed by atoms with Gasteiger partial charge in [0.15, 0.2) is 0 Å². The number of nitrogen functional groups attached to an aromatic ring is 1. The van der Waals surface area contributed by atoms with E-state index in [1.807, 2.05) is 0 Å². The predicted molar refractivity (Wildman–Crippen MR) is 58.7 cm³/mol. The van der Waals surface area contributed by atoms with Crippen LogP contribution in [0, 0.1) is 5.82 Å². The topological polar surface area (TPSA) is 86.8 Å². The molecule has 1 heterocycles. The number of rotatable bonds is 1. The summed E-state index contributed by atoms with van der Waals surface area (Å²) in [5.41, 5.74) is 5.62. The van der Waals surface area contributed by atoms with Gasteiger partial charge in [-0.15, -0.1) is 0 Å². The molecule has 1 aromatic rings. The summed E-state index contributed by atoms with van der Waals surface area (Å²) >= 11 is 0. The first-order valence-electron chi connectivity index (χ1n) is 5.19. The highest BCUT2D eigenvalue weighted by molar-refractivity contribution is 5.95. The zero-order valence-electron chi connectivity index (χ0n) is 9.01. The molecule has 1 aromatic carbocycles. The van der Waals surface area contributed by atoms with Gasteiger partial charge in [-0.3, -0.25) is 4.79 Å². The molecule has 0 aromatic heterocycles. The van der Waals surface area contributed by atoms with Gasteiger partial charge in [0.1, 0.15) is 5.82 Å². The maximum Gasteiger partial charge on any atom is 0.257 e. The highest BCUT2D eigenvalue weighted by atomic mass is 19.1. The van der Waals surface area contributed by atoms with Gasteiger partial charge in [-0.25, -0.2) is 4.39 Å². The first kappa shape index (κ1) is 11.8. The highest BCUT2D eigenvalue weighted by Gasteiger charge is 2.33. The average molecular weight is 240 g/mol. The summed E-state index contributed by atoms with van der Waals surface area (Å²) < 4.78 is 13.4. The Labute approximate surface area is 97.3 Å². The van der Waals surface area contributed by atoms with E-state index in [0.29, 0.717) is 0 Å². The predicted octanol–water partition coefficient (Wildman–Crippen LogP) is -0.415. The average Bonchev–Trinajstić information content (AvgIpc) is 2.62. The molecule has 2 atom stereocenters. The Bertz CT molecular complexity index is 442. The van der Waals surface area contributed by atoms with Crippen LogP contribution >= 0.6 is 0 Å². The van der Waals surface area contributed by atoms with Crippen LogP contribution in [0.3, 0.4) is 0 Å². The second-order valence-electron chi connectivity index (χ2n) is 4.08. The van der Waals surface area contributed by atoms with Crippen LogP contribution in [0.1, 0.15) is 10.4 Å². The van der Waals surface area contributed by atoms with E-state index in [9.17, 15) is 19.4 Å². The van der Waals surface area contributed by atoms with Crippen molar-refractivity contribution in [1.82, 2.24) is 4.90 Å². The molecular weight excluding hydrogens is 227 g/mol. The van der Waals surface area contributed by atoms with Crippen molar-refractivity contribution in [2.45, 2.75) is 12.2 Å². The number of nitrogens with two attached hydrogens (primary N) is 1. The molecule has 4 N–H and O–H groups in total. The normalized spacial score (nSPS) is 24.1. The number of amides is 1. The summed E-state index contributed by atoms with van der Waals surface area (Å²) in [5.74, 6) is -1.24. The van der Waals surface area contributed by atoms with Crippen LogP contribution in [0.15, 0.2) is 18.2 Å². The zero-order valence-corrected chi connectivity index (χ0v) is 9.01. The number of β-amino-alcohol motifs (C(OH)–C–C–N with tert-alkyl or cyclic N) is 2. The smallest absolute Gasteiger partial charge is 0.257 e. The minimum atomic E-state index is -0.983. The first-order valence-corrected chi connectivity index (χ1v) is 5.19. The Morgan fingerprint density at radius 2 is 1.94 bits per heavy atom. The molecule has 1 saturated heterocycles. The minimum Gasteiger partial charge on any atom is -0.399 e. The van der Waals surface area contributed by atoms with Crippen molar-refractivity contribution in [1.29, 1.82) is 0 Å². The highest BCUT2D eigenvalue weighted by Crippen LogP contribution is 2.18. The summed E-state index contributed by atoms with van der Waals surface area (Å²) in [6.45, 7) is -0.0114. The molecule has 0 radical (unpaired) electrons. The van der Waals surface area contributed by atoms with Crippen LogP contribution in [-0.4, -0.2) is 46.3 Å². The second-order valence-corrected chi connectivity index (χ2v) is 4.08. The molecule has 5 nitrogen and oxygen atoms in total. The third-order valence-electron chi connectivity index (χ3n) is 2.77. The summed E-state index contributed by atoms with van der Waals surface area (Å²) in [7, 11) is 0. The van der Waals surface area contributed by atoms with E-state index in [1.165, 1.54) is 17.0 Å². The number of benzene rings is 1. The third-order valence-corrected chi connectivity index (χ3v) is 2.77. The Kier molecular flexibility index (Phi) is 2.99. The molecule has 0 unspecified atom stereocenters. The van der Waals surface area contributed by atoms with E-state index in [1.54, 1.807) is 0 Å². The molecular formula is C11H13FN2O3. The maximum atomic E-state index is 13.4. The molecule has 6 heteroatoms. The van der Waals surface area contributed by atoms with Gasteiger partial charge in [0.05, 0.1) is 17.8 Å². The Morgan fingerprint density at radius 1 is 1.35 bits per heavy atom. The lowest BCUT2D eigenvalue weighted by Gasteiger charge is -2.15. The van der Waals surface area contributed by atoms with Gasteiger partial charge in [-0.2, -0.15) is 0 Å². The van der Waals surface area contributed by atoms with Gasteiger partial charge in [0, 0.05) is 18.8 Å². The molecule has 1 amide bonds. The molecule has 1 aliphatic rings. The summed E-state index contributed by atoms with van der Waals surface area (Å²) in [5, 5.41) is 18.7. The lowest BCUT2D eigenvalue weighted by molar-refractivity contribution is 0.0572. The fourth-order valence-corrected chi connectivity index (χ4v) is 1.81. The monoisotopic (exact) mass is 240 g/mol. The van der Waals surface area contributed by atoms with E-state index in [4.69, 9.17) is 5.73 Å². The molecule has 0 saturated carbocycles. The molecule has 92 valence electrons. The van der Waals surface area contributed by atoms with Gasteiger partial charge >= 0.3 is 0 Å². The fraction of sp³-hybridized carbons (Fsp3) is 0.364. The minimum absolute atomic E-state index is 0.00572. The van der Waals surface area contributed by atoms with E-state index < -0.39 is 23.9 Å². The molecule has 1 aliphatic heterocycles. The van der Waals surface area contributed by atoms with Crippen LogP contribution in [0.5, 0.6) is 0 Å². The van der Waals surface area contributed by atoms with Crippen LogP contribution in [0.4, 0.5) is 10.1 Å². The Morgan fingerprint density at radius 3 is 2.53 bits per heavy atom. The molecule has 0 spiro atoms. The van der Waals surface area contributed by atoms with E-state index in [-0.39, 0.29) is 24.3 Å². The fourth-order valence-electron chi connectivity index (χ4n) is 1.81. The maximum absolute atomic E-state index is 13.4. The number of hydrogen-bond donors (Lipinski definition) is 3. The number of carbonyl (C=O) groups excluding carboxylic acids is 1. The molecule has 17 heavy (non-hydrogen) atoms. The number of nitrogens with zero attached hydrogens (tertiary/aromatic N) is 1. The Balaban J connectivity index is 2.23. The SMILES string of the molecule is Nc1ccc(F)c(C(=O)N2C[C@@H](O)[C@@H](O)C2)c1. The van der Waals surface area contributed by atoms with Crippen molar-refractivity contribution in [3.63, 3.8) is 0 Å². The summed E-state index contributed by atoms with van der Waals surface area (Å²) in [6.07, 6.45) is -1.97. The van der Waals surface area contributed by atoms with E-state index >= 15 is 0 Å². The lowest BCUT2D eigenvalue weighted by atomic mass is 10.1. The standard InChI is InChI=1S/C11H13FN2O3/c12-8-2-1-6(13)3-7(8)11(17)14-4-9(15)10(16)5-14/h1-3,9-10,15-16H,4-5,13H2/t9-,10+. The van der Waals surface area contributed by atoms with Crippen LogP contribution in [0.25, 0.3) is 0 Å². The van der Waals surface area contributed by atoms with Crippen molar-refractivity contribution in [2.24, 2.45) is 0 Å². The van der Waals surface area contributed by atoms with E-state index in [0.717, 1.165) is 6.07 Å². The van der Waals surface area contributed by atoms with Crippen molar-refractivity contribution in [2.75, 3.05) is 18.8 Å². The molecule has 0 bridgehead atoms. The van der Waals surface area contributed by atoms with E-state index in [2.05, 4.69) is 0 Å². The van der Waals surface area contributed by atoms with Gasteiger partial charge in [-0.1, -0.05) is 0 Å². The van der Waals surface area contributed by atoms with Crippen molar-refractivity contribution < 1.29 is 19.4 Å². The molecule has 0 aliphatic carbocycles. The van der Waals surface area contributed by atoms with Gasteiger partial charge < -0.3 is 20.8 Å². The quantitative estimate of drug-likeness (QED) is 0.582. The largest absolute Gasteiger partial charge is 0.399 e. The second kappa shape index (κ2) is 4.31. The van der Waals surface area contributed by atoms with Crippen molar-refractivity contribution >= 4 is 11.6 Å². The van der Waals surface area contributed by atoms with Crippen molar-refractivity contribution in [3.05, 3.63) is 29.6 Å². The molecule has 2 rings (SSSR count). The summed E-state index contributed by atoms with van der Waals surface area (Å²) in [6, 6.07) is 3.72. The number of aliphatic hydroxyl groups excluding tert-OH is 2. The number of hydrogen-bond acceptors (Lipinski definition) is 4. The molecule has 1 fully saturated rings. The lowest BCUT2D eigenvalue weighted by Crippen LogP contribution is -2.30. The van der Waals surface area contributed by atoms with Crippen LogP contribution in [0.2, 0.25) is 0 Å². The zero-order chi connectivity index (χ0) is 12.6. The van der Waals surface area contributed by atoms with Crippen molar-refractivity contribution in [3.8, 4) is 0 Å². The number of halogens is 1. The third kappa shape index (κ3) is 2.22. The number of aliphatic hydroxyl groups is 2. The number of anilines is 1. The van der Waals surface area contributed by atoms with Gasteiger partial charge in [0.2, 0.25) is 0 Å².